The molecule has 0 N–H and O–H groups in total. The number of methoxy groups -OCH3 is 1. The molecule has 1 atom stereocenters. The summed E-state index contributed by atoms with van der Waals surface area (Å²) in [7, 11) is 3.54. The lowest BCUT2D eigenvalue weighted by Gasteiger charge is -2.32. The number of rotatable bonds is 4. The van der Waals surface area contributed by atoms with Crippen LogP contribution in [0.25, 0.3) is 0 Å². The molecule has 1 aliphatic heterocycles. The SMILES string of the molecule is COc1ccc(Cl)cc1CC(=O)N1CCCC(c2nncn2C)C1. The van der Waals surface area contributed by atoms with Crippen molar-refractivity contribution in [1.29, 1.82) is 0 Å². The van der Waals surface area contributed by atoms with Crippen molar-refractivity contribution in [3.63, 3.8) is 0 Å². The molecule has 6 nitrogen and oxygen atoms in total. The largest absolute Gasteiger partial charge is 0.496 e. The van der Waals surface area contributed by atoms with Crippen LogP contribution in [0.3, 0.4) is 0 Å². The van der Waals surface area contributed by atoms with Crippen LogP contribution in [-0.4, -0.2) is 45.8 Å². The zero-order valence-electron chi connectivity index (χ0n) is 13.9. The third-order valence-corrected chi connectivity index (χ3v) is 4.70. The Bertz CT molecular complexity index is 731. The summed E-state index contributed by atoms with van der Waals surface area (Å²) < 4.78 is 7.26. The van der Waals surface area contributed by atoms with Crippen molar-refractivity contribution in [1.82, 2.24) is 19.7 Å². The normalized spacial score (nSPS) is 17.8. The van der Waals surface area contributed by atoms with E-state index in [-0.39, 0.29) is 18.2 Å². The maximum atomic E-state index is 12.7. The molecule has 1 aromatic carbocycles. The van der Waals surface area contributed by atoms with Gasteiger partial charge in [-0.1, -0.05) is 11.6 Å². The van der Waals surface area contributed by atoms with Gasteiger partial charge in [0, 0.05) is 36.6 Å². The lowest BCUT2D eigenvalue weighted by Crippen LogP contribution is -2.40. The van der Waals surface area contributed by atoms with E-state index in [0.717, 1.165) is 30.8 Å². The predicted octanol–water partition coefficient (Wildman–Crippen LogP) is 2.43. The van der Waals surface area contributed by atoms with E-state index in [1.165, 1.54) is 0 Å². The number of ether oxygens (including phenoxy) is 1. The predicted molar refractivity (Wildman–Crippen MR) is 91.3 cm³/mol. The van der Waals surface area contributed by atoms with E-state index in [0.29, 0.717) is 17.3 Å². The Kier molecular flexibility index (Phi) is 5.04. The number of piperidine rings is 1. The molecule has 7 heteroatoms. The fourth-order valence-electron chi connectivity index (χ4n) is 3.24. The molecule has 24 heavy (non-hydrogen) atoms. The summed E-state index contributed by atoms with van der Waals surface area (Å²) in [6.07, 6.45) is 3.98. The van der Waals surface area contributed by atoms with Gasteiger partial charge in [0.2, 0.25) is 5.91 Å². The van der Waals surface area contributed by atoms with Crippen molar-refractivity contribution >= 4 is 17.5 Å². The molecule has 0 radical (unpaired) electrons. The quantitative estimate of drug-likeness (QED) is 0.851. The van der Waals surface area contributed by atoms with Crippen molar-refractivity contribution in [2.45, 2.75) is 25.2 Å². The van der Waals surface area contributed by atoms with Crippen molar-refractivity contribution in [3.8, 4) is 5.75 Å². The molecule has 1 aromatic heterocycles. The molecule has 1 aliphatic rings. The van der Waals surface area contributed by atoms with Gasteiger partial charge in [-0.3, -0.25) is 4.79 Å². The molecule has 0 bridgehead atoms. The number of likely N-dealkylation sites (tertiary alicyclic amines) is 1. The molecule has 128 valence electrons. The van der Waals surface area contributed by atoms with Gasteiger partial charge in [-0.05, 0) is 31.0 Å². The molecule has 2 aromatic rings. The number of carbonyl (C=O) groups is 1. The van der Waals surface area contributed by atoms with Gasteiger partial charge in [0.25, 0.3) is 0 Å². The fourth-order valence-corrected chi connectivity index (χ4v) is 3.43. The summed E-state index contributed by atoms with van der Waals surface area (Å²) in [5.41, 5.74) is 0.816. The number of aryl methyl sites for hydroxylation is 1. The van der Waals surface area contributed by atoms with Crippen LogP contribution in [0.2, 0.25) is 5.02 Å². The number of aromatic nitrogens is 3. The Morgan fingerprint density at radius 2 is 2.29 bits per heavy atom. The van der Waals surface area contributed by atoms with Crippen LogP contribution in [0.4, 0.5) is 0 Å². The zero-order chi connectivity index (χ0) is 17.1. The number of carbonyl (C=O) groups excluding carboxylic acids is 1. The summed E-state index contributed by atoms with van der Waals surface area (Å²) in [6, 6.07) is 5.35. The monoisotopic (exact) mass is 348 g/mol. The van der Waals surface area contributed by atoms with Crippen LogP contribution in [0.15, 0.2) is 24.5 Å². The van der Waals surface area contributed by atoms with E-state index in [4.69, 9.17) is 16.3 Å². The lowest BCUT2D eigenvalue weighted by molar-refractivity contribution is -0.131. The number of halogens is 1. The summed E-state index contributed by atoms with van der Waals surface area (Å²) in [5, 5.41) is 8.74. The van der Waals surface area contributed by atoms with Gasteiger partial charge in [0.15, 0.2) is 0 Å². The van der Waals surface area contributed by atoms with E-state index in [2.05, 4.69) is 10.2 Å². The highest BCUT2D eigenvalue weighted by Crippen LogP contribution is 2.27. The van der Waals surface area contributed by atoms with E-state index in [9.17, 15) is 4.79 Å². The Labute approximate surface area is 146 Å². The molecular formula is C17H21ClN4O2. The Hall–Kier alpha value is -2.08. The van der Waals surface area contributed by atoms with Crippen LogP contribution in [0.1, 0.15) is 30.1 Å². The molecule has 1 saturated heterocycles. The third kappa shape index (κ3) is 3.53. The lowest BCUT2D eigenvalue weighted by atomic mass is 9.96. The first-order chi connectivity index (χ1) is 11.6. The second kappa shape index (κ2) is 7.21. The van der Waals surface area contributed by atoms with Crippen molar-refractivity contribution < 1.29 is 9.53 Å². The molecule has 1 unspecified atom stereocenters. The van der Waals surface area contributed by atoms with Crippen molar-refractivity contribution in [2.75, 3.05) is 20.2 Å². The minimum Gasteiger partial charge on any atom is -0.496 e. The highest BCUT2D eigenvalue weighted by Gasteiger charge is 2.27. The van der Waals surface area contributed by atoms with Gasteiger partial charge in [-0.25, -0.2) is 0 Å². The van der Waals surface area contributed by atoms with Gasteiger partial charge in [0.05, 0.1) is 13.5 Å². The smallest absolute Gasteiger partial charge is 0.227 e. The highest BCUT2D eigenvalue weighted by atomic mass is 35.5. The number of hydrogen-bond acceptors (Lipinski definition) is 4. The number of amides is 1. The van der Waals surface area contributed by atoms with Crippen LogP contribution in [0.5, 0.6) is 5.75 Å². The first-order valence-electron chi connectivity index (χ1n) is 8.02. The minimum absolute atomic E-state index is 0.0856. The molecular weight excluding hydrogens is 328 g/mol. The highest BCUT2D eigenvalue weighted by molar-refractivity contribution is 6.30. The Balaban J connectivity index is 1.71. The minimum atomic E-state index is 0.0856. The fraction of sp³-hybridized carbons (Fsp3) is 0.471. The van der Waals surface area contributed by atoms with Gasteiger partial charge in [-0.2, -0.15) is 0 Å². The van der Waals surface area contributed by atoms with Gasteiger partial charge < -0.3 is 14.2 Å². The topological polar surface area (TPSA) is 60.2 Å². The average molecular weight is 349 g/mol. The summed E-state index contributed by atoms with van der Waals surface area (Å²) in [4.78, 5) is 14.6. The molecule has 0 aliphatic carbocycles. The molecule has 0 spiro atoms. The Morgan fingerprint density at radius 1 is 1.46 bits per heavy atom. The first-order valence-corrected chi connectivity index (χ1v) is 8.40. The summed E-state index contributed by atoms with van der Waals surface area (Å²) >= 11 is 6.05. The summed E-state index contributed by atoms with van der Waals surface area (Å²) in [6.45, 7) is 1.45. The average Bonchev–Trinajstić information content (AvgIpc) is 3.01. The molecule has 3 rings (SSSR count). The summed E-state index contributed by atoms with van der Waals surface area (Å²) in [5.74, 6) is 1.95. The first kappa shape index (κ1) is 16.8. The van der Waals surface area contributed by atoms with Crippen LogP contribution < -0.4 is 4.74 Å². The number of hydrogen-bond donors (Lipinski definition) is 0. The standard InChI is InChI=1S/C17H21ClN4O2/c1-21-11-19-20-17(21)12-4-3-7-22(10-12)16(23)9-13-8-14(18)5-6-15(13)24-2/h5-6,8,11-12H,3-4,7,9-10H2,1-2H3. The van der Waals surface area contributed by atoms with Crippen LogP contribution in [-0.2, 0) is 18.3 Å². The van der Waals surface area contributed by atoms with Gasteiger partial charge >= 0.3 is 0 Å². The second-order valence-electron chi connectivity index (χ2n) is 6.11. The van der Waals surface area contributed by atoms with Gasteiger partial charge in [0.1, 0.15) is 17.9 Å². The maximum Gasteiger partial charge on any atom is 0.227 e. The van der Waals surface area contributed by atoms with E-state index >= 15 is 0 Å². The second-order valence-corrected chi connectivity index (χ2v) is 6.55. The number of benzene rings is 1. The molecule has 1 fully saturated rings. The maximum absolute atomic E-state index is 12.7. The van der Waals surface area contributed by atoms with Gasteiger partial charge in [-0.15, -0.1) is 10.2 Å². The molecule has 2 heterocycles. The zero-order valence-corrected chi connectivity index (χ0v) is 14.7. The third-order valence-electron chi connectivity index (χ3n) is 4.47. The number of nitrogens with zero attached hydrogens (tertiary/aromatic N) is 4. The van der Waals surface area contributed by atoms with Crippen LogP contribution in [0, 0.1) is 0 Å². The van der Waals surface area contributed by atoms with Crippen molar-refractivity contribution in [3.05, 3.63) is 40.9 Å². The van der Waals surface area contributed by atoms with Crippen LogP contribution >= 0.6 is 11.6 Å². The van der Waals surface area contributed by atoms with Crippen molar-refractivity contribution in [2.24, 2.45) is 7.05 Å². The van der Waals surface area contributed by atoms with E-state index in [1.807, 2.05) is 16.5 Å². The van der Waals surface area contributed by atoms with E-state index in [1.54, 1.807) is 31.6 Å². The Morgan fingerprint density at radius 3 is 3.00 bits per heavy atom. The molecule has 1 amide bonds. The van der Waals surface area contributed by atoms with E-state index < -0.39 is 0 Å². The molecule has 0 saturated carbocycles.